The Bertz CT molecular complexity index is 585. The van der Waals surface area contributed by atoms with E-state index in [1.807, 2.05) is 24.3 Å². The summed E-state index contributed by atoms with van der Waals surface area (Å²) in [5.74, 6) is 1.00. The number of hydrogen-bond acceptors (Lipinski definition) is 1. The predicted octanol–water partition coefficient (Wildman–Crippen LogP) is 5.81. The third kappa shape index (κ3) is 3.40. The quantitative estimate of drug-likeness (QED) is 0.642. The molecule has 0 aliphatic carbocycles. The first-order chi connectivity index (χ1) is 9.41. The van der Waals surface area contributed by atoms with Gasteiger partial charge >= 0.3 is 0 Å². The summed E-state index contributed by atoms with van der Waals surface area (Å²) in [6.07, 6.45) is 0. The lowest BCUT2D eigenvalue weighted by Gasteiger charge is -2.19. The lowest BCUT2D eigenvalue weighted by atomic mass is 9.87. The fourth-order valence-corrected chi connectivity index (χ4v) is 2.46. The average Bonchev–Trinajstić information content (AvgIpc) is 2.38. The number of ether oxygens (including phenoxy) is 1. The topological polar surface area (TPSA) is 9.23 Å². The molecule has 3 heteroatoms. The molecule has 0 N–H and O–H groups in total. The largest absolute Gasteiger partial charge is 0.457 e. The second-order valence-electron chi connectivity index (χ2n) is 5.73. The zero-order valence-electron chi connectivity index (χ0n) is 11.9. The molecule has 2 aromatic rings. The lowest BCUT2D eigenvalue weighted by molar-refractivity contribution is 0.469. The number of halogens is 2. The van der Waals surface area contributed by atoms with Crippen molar-refractivity contribution in [1.29, 1.82) is 0 Å². The Morgan fingerprint density at radius 3 is 2.25 bits per heavy atom. The van der Waals surface area contributed by atoms with E-state index in [1.165, 1.54) is 11.6 Å². The summed E-state index contributed by atoms with van der Waals surface area (Å²) in [5.41, 5.74) is 1.88. The van der Waals surface area contributed by atoms with Gasteiger partial charge in [-0.2, -0.15) is 0 Å². The molecule has 2 rings (SSSR count). The maximum Gasteiger partial charge on any atom is 0.134 e. The molecule has 0 aliphatic heterocycles. The Hall–Kier alpha value is -1.35. The Kier molecular flexibility index (Phi) is 4.48. The first-order valence-electron chi connectivity index (χ1n) is 6.53. The van der Waals surface area contributed by atoms with Crippen LogP contribution in [0.25, 0.3) is 0 Å². The van der Waals surface area contributed by atoms with E-state index in [1.54, 1.807) is 12.1 Å². The maximum absolute atomic E-state index is 13.7. The summed E-state index contributed by atoms with van der Waals surface area (Å²) in [6.45, 7) is 6.50. The maximum atomic E-state index is 13.7. The van der Waals surface area contributed by atoms with Crippen LogP contribution in [0.5, 0.6) is 11.5 Å². The predicted molar refractivity (Wildman–Crippen MR) is 84.2 cm³/mol. The smallest absolute Gasteiger partial charge is 0.134 e. The van der Waals surface area contributed by atoms with Gasteiger partial charge in [-0.05, 0) is 35.2 Å². The van der Waals surface area contributed by atoms with Gasteiger partial charge in [-0.3, -0.25) is 0 Å². The zero-order chi connectivity index (χ0) is 14.8. The molecule has 0 spiro atoms. The molecule has 0 unspecified atom stereocenters. The van der Waals surface area contributed by atoms with E-state index >= 15 is 0 Å². The van der Waals surface area contributed by atoms with E-state index in [0.29, 0.717) is 22.4 Å². The highest BCUT2D eigenvalue weighted by Crippen LogP contribution is 2.30. The Labute approximate surface area is 127 Å². The van der Waals surface area contributed by atoms with E-state index < -0.39 is 0 Å². The molecule has 0 fully saturated rings. The highest BCUT2D eigenvalue weighted by atomic mass is 79.9. The highest BCUT2D eigenvalue weighted by molar-refractivity contribution is 9.08. The van der Waals surface area contributed by atoms with Crippen molar-refractivity contribution in [3.8, 4) is 11.5 Å². The first-order valence-corrected chi connectivity index (χ1v) is 7.65. The van der Waals surface area contributed by atoms with Gasteiger partial charge in [-0.1, -0.05) is 54.9 Å². The van der Waals surface area contributed by atoms with Gasteiger partial charge in [0.1, 0.15) is 17.3 Å². The molecule has 0 saturated heterocycles. The minimum atomic E-state index is -0.259. The van der Waals surface area contributed by atoms with Gasteiger partial charge in [0, 0.05) is 10.9 Å². The monoisotopic (exact) mass is 336 g/mol. The molecule has 106 valence electrons. The minimum Gasteiger partial charge on any atom is -0.457 e. The van der Waals surface area contributed by atoms with Crippen LogP contribution >= 0.6 is 15.9 Å². The standard InChI is InChI=1S/C17H18BrFO/c1-17(2,3)12-7-9-13(10-8-12)20-16-6-4-5-15(19)14(16)11-18/h4-10H,11H2,1-3H3. The second kappa shape index (κ2) is 5.96. The van der Waals surface area contributed by atoms with E-state index in [9.17, 15) is 4.39 Å². The van der Waals surface area contributed by atoms with Gasteiger partial charge in [-0.15, -0.1) is 0 Å². The van der Waals surface area contributed by atoms with E-state index in [0.717, 1.165) is 0 Å². The summed E-state index contributed by atoms with van der Waals surface area (Å²) in [6, 6.07) is 12.8. The minimum absolute atomic E-state index is 0.110. The number of rotatable bonds is 3. The van der Waals surface area contributed by atoms with Crippen LogP contribution in [0.1, 0.15) is 31.9 Å². The van der Waals surface area contributed by atoms with Gasteiger partial charge < -0.3 is 4.74 Å². The van der Waals surface area contributed by atoms with Gasteiger partial charge in [0.15, 0.2) is 0 Å². The SMILES string of the molecule is CC(C)(C)c1ccc(Oc2cccc(F)c2CBr)cc1. The lowest BCUT2D eigenvalue weighted by Crippen LogP contribution is -2.10. The second-order valence-corrected chi connectivity index (χ2v) is 6.29. The van der Waals surface area contributed by atoms with Crippen molar-refractivity contribution in [2.45, 2.75) is 31.5 Å². The van der Waals surface area contributed by atoms with E-state index in [4.69, 9.17) is 4.74 Å². The van der Waals surface area contributed by atoms with Gasteiger partial charge in [-0.25, -0.2) is 4.39 Å². The van der Waals surface area contributed by atoms with Crippen LogP contribution < -0.4 is 4.74 Å². The molecule has 1 nitrogen and oxygen atoms in total. The van der Waals surface area contributed by atoms with Crippen LogP contribution in [0.3, 0.4) is 0 Å². The van der Waals surface area contributed by atoms with Crippen LogP contribution in [-0.2, 0) is 10.7 Å². The van der Waals surface area contributed by atoms with Crippen LogP contribution in [0.4, 0.5) is 4.39 Å². The van der Waals surface area contributed by atoms with Crippen molar-refractivity contribution in [2.75, 3.05) is 0 Å². The van der Waals surface area contributed by atoms with Crippen molar-refractivity contribution in [3.63, 3.8) is 0 Å². The molecule has 0 aromatic heterocycles. The number of hydrogen-bond donors (Lipinski definition) is 0. The van der Waals surface area contributed by atoms with Gasteiger partial charge in [0.25, 0.3) is 0 Å². The van der Waals surface area contributed by atoms with Crippen molar-refractivity contribution in [2.24, 2.45) is 0 Å². The first kappa shape index (κ1) is 15.0. The van der Waals surface area contributed by atoms with Crippen LogP contribution in [0, 0.1) is 5.82 Å². The van der Waals surface area contributed by atoms with Crippen LogP contribution in [-0.4, -0.2) is 0 Å². The highest BCUT2D eigenvalue weighted by Gasteiger charge is 2.14. The Morgan fingerprint density at radius 1 is 1.05 bits per heavy atom. The molecular formula is C17H18BrFO. The zero-order valence-corrected chi connectivity index (χ0v) is 13.5. The number of alkyl halides is 1. The summed E-state index contributed by atoms with van der Waals surface area (Å²) >= 11 is 3.29. The van der Waals surface area contributed by atoms with Crippen molar-refractivity contribution in [3.05, 3.63) is 59.4 Å². The van der Waals surface area contributed by atoms with Crippen molar-refractivity contribution in [1.82, 2.24) is 0 Å². The van der Waals surface area contributed by atoms with Crippen molar-refractivity contribution >= 4 is 15.9 Å². The summed E-state index contributed by atoms with van der Waals surface area (Å²) in [7, 11) is 0. The molecular weight excluding hydrogens is 319 g/mol. The summed E-state index contributed by atoms with van der Waals surface area (Å²) in [5, 5.41) is 0.426. The fourth-order valence-electron chi connectivity index (χ4n) is 1.91. The number of benzene rings is 2. The van der Waals surface area contributed by atoms with Crippen LogP contribution in [0.15, 0.2) is 42.5 Å². The fraction of sp³-hybridized carbons (Fsp3) is 0.294. The van der Waals surface area contributed by atoms with Gasteiger partial charge in [0.05, 0.1) is 0 Å². The molecule has 0 radical (unpaired) electrons. The molecule has 20 heavy (non-hydrogen) atoms. The van der Waals surface area contributed by atoms with E-state index in [2.05, 4.69) is 36.7 Å². The van der Waals surface area contributed by atoms with Crippen molar-refractivity contribution < 1.29 is 9.13 Å². The molecule has 0 bridgehead atoms. The average molecular weight is 337 g/mol. The molecule has 0 heterocycles. The summed E-state index contributed by atoms with van der Waals surface area (Å²) in [4.78, 5) is 0. The molecule has 0 amide bonds. The third-order valence-electron chi connectivity index (χ3n) is 3.16. The molecule has 0 atom stereocenters. The molecule has 0 saturated carbocycles. The van der Waals surface area contributed by atoms with E-state index in [-0.39, 0.29) is 11.2 Å². The molecule has 0 aliphatic rings. The van der Waals surface area contributed by atoms with Gasteiger partial charge in [0.2, 0.25) is 0 Å². The third-order valence-corrected chi connectivity index (χ3v) is 3.72. The molecule has 2 aromatic carbocycles. The van der Waals surface area contributed by atoms with Crippen LogP contribution in [0.2, 0.25) is 0 Å². The Morgan fingerprint density at radius 2 is 1.70 bits per heavy atom. The normalized spacial score (nSPS) is 11.4. The Balaban J connectivity index is 2.25. The summed E-state index contributed by atoms with van der Waals surface area (Å²) < 4.78 is 19.4.